The summed E-state index contributed by atoms with van der Waals surface area (Å²) in [5.41, 5.74) is 0. The normalized spacial score (nSPS) is 20.5. The summed E-state index contributed by atoms with van der Waals surface area (Å²) >= 11 is 1.36. The van der Waals surface area contributed by atoms with Crippen LogP contribution in [0.15, 0.2) is 22.5 Å². The minimum atomic E-state index is -0.765. The van der Waals surface area contributed by atoms with Gasteiger partial charge < -0.3 is 0 Å². The first-order valence-electron chi connectivity index (χ1n) is 7.34. The van der Waals surface area contributed by atoms with Crippen LogP contribution in [0.2, 0.25) is 0 Å². The SMILES string of the molecule is CN1C(=O)C2C(=NC(=[N+](C)C)N2CC(=O)c2cccs2)N(C)C1=O. The number of ketones is 1. The molecule has 24 heavy (non-hydrogen) atoms. The molecule has 0 radical (unpaired) electrons. The number of likely N-dealkylation sites (N-methyl/N-ethyl adjacent to an activating group) is 2. The van der Waals surface area contributed by atoms with Gasteiger partial charge in [0.2, 0.25) is 17.7 Å². The molecule has 8 nitrogen and oxygen atoms in total. The molecule has 2 aliphatic rings. The van der Waals surface area contributed by atoms with Crippen molar-refractivity contribution in [2.75, 3.05) is 34.7 Å². The van der Waals surface area contributed by atoms with Crippen LogP contribution < -0.4 is 0 Å². The zero-order valence-corrected chi connectivity index (χ0v) is 14.7. The number of fused-ring (bicyclic) bond motifs is 1. The average molecular weight is 348 g/mol. The van der Waals surface area contributed by atoms with Gasteiger partial charge in [-0.1, -0.05) is 11.1 Å². The van der Waals surface area contributed by atoms with Crippen molar-refractivity contribution in [3.05, 3.63) is 22.4 Å². The van der Waals surface area contributed by atoms with E-state index in [1.54, 1.807) is 36.7 Å². The van der Waals surface area contributed by atoms with Crippen molar-refractivity contribution in [2.45, 2.75) is 6.04 Å². The summed E-state index contributed by atoms with van der Waals surface area (Å²) in [6.45, 7) is 0.0211. The van der Waals surface area contributed by atoms with Gasteiger partial charge in [-0.05, 0) is 11.4 Å². The molecule has 0 N–H and O–H groups in total. The summed E-state index contributed by atoms with van der Waals surface area (Å²) < 4.78 is 1.73. The Morgan fingerprint density at radius 3 is 2.58 bits per heavy atom. The van der Waals surface area contributed by atoms with E-state index in [2.05, 4.69) is 4.99 Å². The Morgan fingerprint density at radius 1 is 1.29 bits per heavy atom. The van der Waals surface area contributed by atoms with Crippen LogP contribution in [0.25, 0.3) is 0 Å². The molecular weight excluding hydrogens is 330 g/mol. The highest BCUT2D eigenvalue weighted by atomic mass is 32.1. The van der Waals surface area contributed by atoms with Crippen molar-refractivity contribution in [3.63, 3.8) is 0 Å². The maximum atomic E-state index is 12.6. The van der Waals surface area contributed by atoms with Crippen molar-refractivity contribution < 1.29 is 19.0 Å². The van der Waals surface area contributed by atoms with E-state index >= 15 is 0 Å². The third kappa shape index (κ3) is 2.41. The number of aliphatic imine (C=N–C) groups is 1. The quantitative estimate of drug-likeness (QED) is 0.576. The Labute approximate surface area is 143 Å². The Bertz CT molecular complexity index is 779. The lowest BCUT2D eigenvalue weighted by atomic mass is 10.1. The fraction of sp³-hybridized carbons (Fsp3) is 0.400. The number of Topliss-reactive ketones (excluding diaryl/α,β-unsaturated/α-hetero) is 1. The topological polar surface area (TPSA) is 76.3 Å². The molecule has 0 aromatic carbocycles. The number of nitrogens with zero attached hydrogens (tertiary/aromatic N) is 5. The second kappa shape index (κ2) is 5.82. The predicted octanol–water partition coefficient (Wildman–Crippen LogP) is 0.165. The highest BCUT2D eigenvalue weighted by molar-refractivity contribution is 7.12. The molecule has 1 atom stereocenters. The standard InChI is InChI=1S/C15H18N5O3S/c1-17(2)14-16-12-11(13(22)19(4)15(23)18(12)3)20(14)8-9(21)10-6-5-7-24-10/h5-7,11H,8H2,1-4H3/q+1. The molecule has 126 valence electrons. The first kappa shape index (κ1) is 16.3. The van der Waals surface area contributed by atoms with Crippen molar-refractivity contribution >= 4 is 40.9 Å². The smallest absolute Gasteiger partial charge is 0.290 e. The number of amides is 3. The monoisotopic (exact) mass is 348 g/mol. The number of rotatable bonds is 3. The maximum Gasteiger partial charge on any atom is 0.392 e. The number of carbonyl (C=O) groups excluding carboxylic acids is 3. The molecule has 0 bridgehead atoms. The fourth-order valence-corrected chi connectivity index (χ4v) is 3.43. The molecule has 1 unspecified atom stereocenters. The van der Waals surface area contributed by atoms with Crippen LogP contribution in [0, 0.1) is 0 Å². The highest BCUT2D eigenvalue weighted by Gasteiger charge is 2.55. The highest BCUT2D eigenvalue weighted by Crippen LogP contribution is 2.23. The lowest BCUT2D eigenvalue weighted by Crippen LogP contribution is -2.63. The molecule has 3 amide bonds. The van der Waals surface area contributed by atoms with Crippen molar-refractivity contribution in [1.29, 1.82) is 0 Å². The van der Waals surface area contributed by atoms with E-state index < -0.39 is 12.1 Å². The van der Waals surface area contributed by atoms with Gasteiger partial charge in [-0.3, -0.25) is 24.0 Å². The third-order valence-corrected chi connectivity index (χ3v) is 4.93. The van der Waals surface area contributed by atoms with Gasteiger partial charge in [0.15, 0.2) is 0 Å². The predicted molar refractivity (Wildman–Crippen MR) is 89.6 cm³/mol. The zero-order valence-electron chi connectivity index (χ0n) is 13.9. The van der Waals surface area contributed by atoms with E-state index in [0.29, 0.717) is 16.7 Å². The number of imide groups is 1. The van der Waals surface area contributed by atoms with Crippen LogP contribution in [-0.4, -0.2) is 89.6 Å². The Hall–Kier alpha value is -2.55. The van der Waals surface area contributed by atoms with Gasteiger partial charge in [0.1, 0.15) is 6.54 Å². The van der Waals surface area contributed by atoms with E-state index in [0.717, 1.165) is 4.90 Å². The molecule has 1 aromatic heterocycles. The van der Waals surface area contributed by atoms with Gasteiger partial charge in [0.05, 0.1) is 19.0 Å². The lowest BCUT2D eigenvalue weighted by molar-refractivity contribution is -0.470. The Balaban J connectivity index is 1.99. The molecule has 3 rings (SSSR count). The number of carbonyl (C=O) groups is 3. The molecule has 1 saturated heterocycles. The molecule has 2 aliphatic heterocycles. The molecule has 3 heterocycles. The summed E-state index contributed by atoms with van der Waals surface area (Å²) in [6.07, 6.45) is 0. The number of urea groups is 1. The first-order chi connectivity index (χ1) is 11.3. The number of amidine groups is 1. The molecule has 0 spiro atoms. The van der Waals surface area contributed by atoms with Gasteiger partial charge >= 0.3 is 12.0 Å². The largest absolute Gasteiger partial charge is 0.392 e. The van der Waals surface area contributed by atoms with Crippen LogP contribution >= 0.6 is 11.3 Å². The molecule has 1 fully saturated rings. The molecule has 1 aromatic rings. The lowest BCUT2D eigenvalue weighted by Gasteiger charge is -2.32. The van der Waals surface area contributed by atoms with Gasteiger partial charge in [0, 0.05) is 14.1 Å². The number of hydrogen-bond donors (Lipinski definition) is 0. The van der Waals surface area contributed by atoms with Gasteiger partial charge in [0.25, 0.3) is 5.91 Å². The number of guanidine groups is 1. The number of hydrogen-bond acceptors (Lipinski definition) is 4. The van der Waals surface area contributed by atoms with Crippen molar-refractivity contribution in [3.8, 4) is 0 Å². The van der Waals surface area contributed by atoms with Crippen molar-refractivity contribution in [1.82, 2.24) is 14.7 Å². The molecular formula is C15H18N5O3S+. The summed E-state index contributed by atoms with van der Waals surface area (Å²) in [4.78, 5) is 46.4. The minimum Gasteiger partial charge on any atom is -0.290 e. The number of thiophene rings is 1. The molecule has 0 saturated carbocycles. The zero-order chi connectivity index (χ0) is 17.6. The van der Waals surface area contributed by atoms with Crippen molar-refractivity contribution in [2.24, 2.45) is 4.99 Å². The van der Waals surface area contributed by atoms with Gasteiger partial charge in [-0.25, -0.2) is 9.69 Å². The van der Waals surface area contributed by atoms with Crippen LogP contribution in [0.3, 0.4) is 0 Å². The summed E-state index contributed by atoms with van der Waals surface area (Å²) in [5, 5.41) is 1.84. The second-order valence-electron chi connectivity index (χ2n) is 5.83. The van der Waals surface area contributed by atoms with E-state index in [1.165, 1.54) is 23.3 Å². The Morgan fingerprint density at radius 2 is 2.00 bits per heavy atom. The second-order valence-corrected chi connectivity index (χ2v) is 6.78. The molecule has 9 heteroatoms. The van der Waals surface area contributed by atoms with Crippen LogP contribution in [0.5, 0.6) is 0 Å². The summed E-state index contributed by atoms with van der Waals surface area (Å²) in [7, 11) is 6.59. The van der Waals surface area contributed by atoms with Crippen LogP contribution in [0.4, 0.5) is 4.79 Å². The minimum absolute atomic E-state index is 0.0211. The van der Waals surface area contributed by atoms with Crippen LogP contribution in [-0.2, 0) is 4.79 Å². The third-order valence-electron chi connectivity index (χ3n) is 4.02. The van der Waals surface area contributed by atoms with E-state index in [9.17, 15) is 14.4 Å². The summed E-state index contributed by atoms with van der Waals surface area (Å²) in [6, 6.07) is 2.37. The van der Waals surface area contributed by atoms with E-state index in [1.807, 2.05) is 11.4 Å². The summed E-state index contributed by atoms with van der Waals surface area (Å²) in [5.74, 6) is 0.373. The van der Waals surface area contributed by atoms with Crippen LogP contribution in [0.1, 0.15) is 9.67 Å². The fourth-order valence-electron chi connectivity index (χ4n) is 2.77. The van der Waals surface area contributed by atoms with Gasteiger partial charge in [-0.15, -0.1) is 11.3 Å². The maximum absolute atomic E-state index is 12.6. The van der Waals surface area contributed by atoms with E-state index in [-0.39, 0.29) is 18.2 Å². The molecule has 0 aliphatic carbocycles. The van der Waals surface area contributed by atoms with Gasteiger partial charge in [-0.2, -0.15) is 0 Å². The Kier molecular flexibility index (Phi) is 3.96. The average Bonchev–Trinajstić information content (AvgIpc) is 3.18. The van der Waals surface area contributed by atoms with E-state index in [4.69, 9.17) is 0 Å². The first-order valence-corrected chi connectivity index (χ1v) is 8.22.